The molecule has 112 valence electrons. The predicted octanol–water partition coefficient (Wildman–Crippen LogP) is 3.13. The predicted molar refractivity (Wildman–Crippen MR) is 78.4 cm³/mol. The lowest BCUT2D eigenvalue weighted by Gasteiger charge is -2.42. The molecule has 19 heavy (non-hydrogen) atoms. The monoisotopic (exact) mass is 269 g/mol. The summed E-state index contributed by atoms with van der Waals surface area (Å²) in [5.41, 5.74) is 0.198. The van der Waals surface area contributed by atoms with E-state index in [1.54, 1.807) is 0 Å². The van der Waals surface area contributed by atoms with Gasteiger partial charge in [0.1, 0.15) is 0 Å². The highest BCUT2D eigenvalue weighted by Crippen LogP contribution is 2.36. The van der Waals surface area contributed by atoms with Gasteiger partial charge in [-0.15, -0.1) is 0 Å². The summed E-state index contributed by atoms with van der Waals surface area (Å²) in [6.07, 6.45) is 6.34. The quantitative estimate of drug-likeness (QED) is 0.850. The Labute approximate surface area is 118 Å². The summed E-state index contributed by atoms with van der Waals surface area (Å²) in [7, 11) is 0. The van der Waals surface area contributed by atoms with Crippen LogP contribution in [0.3, 0.4) is 0 Å². The van der Waals surface area contributed by atoms with Crippen LogP contribution in [0.5, 0.6) is 0 Å². The molecule has 3 nitrogen and oxygen atoms in total. The first-order chi connectivity index (χ1) is 8.89. The van der Waals surface area contributed by atoms with Crippen molar-refractivity contribution < 1.29 is 9.47 Å². The molecule has 0 aromatic rings. The highest BCUT2D eigenvalue weighted by atomic mass is 16.6. The van der Waals surface area contributed by atoms with Crippen LogP contribution in [0.25, 0.3) is 0 Å². The zero-order valence-corrected chi connectivity index (χ0v) is 13.1. The molecule has 0 aromatic heterocycles. The van der Waals surface area contributed by atoms with Crippen molar-refractivity contribution in [3.05, 3.63) is 0 Å². The fourth-order valence-electron chi connectivity index (χ4n) is 3.01. The lowest BCUT2D eigenvalue weighted by Crippen LogP contribution is -2.52. The number of hydrogen-bond donors (Lipinski definition) is 1. The number of nitrogens with one attached hydrogen (secondary N) is 1. The Morgan fingerprint density at radius 1 is 1.21 bits per heavy atom. The summed E-state index contributed by atoms with van der Waals surface area (Å²) in [5, 5.41) is 3.66. The molecule has 1 aliphatic heterocycles. The van der Waals surface area contributed by atoms with Gasteiger partial charge >= 0.3 is 0 Å². The molecular formula is C16H31NO2. The second-order valence-corrected chi connectivity index (χ2v) is 7.57. The maximum Gasteiger partial charge on any atom is 0.0838 e. The van der Waals surface area contributed by atoms with Crippen molar-refractivity contribution in [2.24, 2.45) is 5.92 Å². The lowest BCUT2D eigenvalue weighted by molar-refractivity contribution is -0.118. The molecule has 1 atom stereocenters. The summed E-state index contributed by atoms with van der Waals surface area (Å²) in [4.78, 5) is 0. The molecule has 1 saturated carbocycles. The van der Waals surface area contributed by atoms with E-state index in [0.29, 0.717) is 6.10 Å². The summed E-state index contributed by atoms with van der Waals surface area (Å²) >= 11 is 0. The van der Waals surface area contributed by atoms with Crippen molar-refractivity contribution in [3.8, 4) is 0 Å². The zero-order chi connectivity index (χ0) is 13.9. The largest absolute Gasteiger partial charge is 0.379 e. The van der Waals surface area contributed by atoms with Crippen molar-refractivity contribution >= 4 is 0 Å². The van der Waals surface area contributed by atoms with E-state index < -0.39 is 0 Å². The fraction of sp³-hybridized carbons (Fsp3) is 1.00. The molecule has 2 aliphatic rings. The minimum absolute atomic E-state index is 0.0398. The first kappa shape index (κ1) is 15.3. The van der Waals surface area contributed by atoms with Crippen LogP contribution in [0.2, 0.25) is 0 Å². The van der Waals surface area contributed by atoms with Crippen LogP contribution in [-0.2, 0) is 9.47 Å². The third-order valence-corrected chi connectivity index (χ3v) is 4.43. The van der Waals surface area contributed by atoms with Crippen molar-refractivity contribution in [3.63, 3.8) is 0 Å². The van der Waals surface area contributed by atoms with Crippen LogP contribution >= 0.6 is 0 Å². The van der Waals surface area contributed by atoms with Gasteiger partial charge in [0.05, 0.1) is 18.3 Å². The Hall–Kier alpha value is -0.120. The SMILES string of the molecule is CC1CCC(CNC(C)(C)C)(OC2CCOC2)CC1. The van der Waals surface area contributed by atoms with Gasteiger partial charge < -0.3 is 14.8 Å². The Morgan fingerprint density at radius 2 is 1.89 bits per heavy atom. The van der Waals surface area contributed by atoms with E-state index in [2.05, 4.69) is 33.0 Å². The number of hydrogen-bond acceptors (Lipinski definition) is 3. The van der Waals surface area contributed by atoms with Gasteiger partial charge in [-0.3, -0.25) is 0 Å². The third kappa shape index (κ3) is 4.73. The van der Waals surface area contributed by atoms with Gasteiger partial charge in [-0.1, -0.05) is 6.92 Å². The Balaban J connectivity index is 1.95. The van der Waals surface area contributed by atoms with Crippen molar-refractivity contribution in [1.29, 1.82) is 0 Å². The number of ether oxygens (including phenoxy) is 2. The van der Waals surface area contributed by atoms with E-state index >= 15 is 0 Å². The molecule has 1 aliphatic carbocycles. The van der Waals surface area contributed by atoms with E-state index in [4.69, 9.17) is 9.47 Å². The molecular weight excluding hydrogens is 238 g/mol. The van der Waals surface area contributed by atoms with Gasteiger partial charge in [0, 0.05) is 18.7 Å². The molecule has 1 N–H and O–H groups in total. The van der Waals surface area contributed by atoms with E-state index in [0.717, 1.165) is 32.1 Å². The summed E-state index contributed by atoms with van der Waals surface area (Å²) in [5.74, 6) is 0.853. The molecule has 0 amide bonds. The van der Waals surface area contributed by atoms with Crippen LogP contribution in [0.1, 0.15) is 59.8 Å². The van der Waals surface area contributed by atoms with Crippen LogP contribution in [0.15, 0.2) is 0 Å². The van der Waals surface area contributed by atoms with Crippen molar-refractivity contribution in [2.75, 3.05) is 19.8 Å². The van der Waals surface area contributed by atoms with E-state index in [1.165, 1.54) is 25.7 Å². The van der Waals surface area contributed by atoms with E-state index in [-0.39, 0.29) is 11.1 Å². The normalized spacial score (nSPS) is 36.6. The molecule has 2 fully saturated rings. The average molecular weight is 269 g/mol. The second kappa shape index (κ2) is 6.11. The van der Waals surface area contributed by atoms with Crippen LogP contribution in [0.4, 0.5) is 0 Å². The smallest absolute Gasteiger partial charge is 0.0838 e. The maximum atomic E-state index is 6.50. The highest BCUT2D eigenvalue weighted by Gasteiger charge is 2.38. The lowest BCUT2D eigenvalue weighted by atomic mass is 9.79. The molecule has 0 aromatic carbocycles. The van der Waals surface area contributed by atoms with Gasteiger partial charge in [-0.05, 0) is 58.8 Å². The fourth-order valence-corrected chi connectivity index (χ4v) is 3.01. The molecule has 1 saturated heterocycles. The van der Waals surface area contributed by atoms with Gasteiger partial charge in [0.25, 0.3) is 0 Å². The first-order valence-electron chi connectivity index (χ1n) is 7.89. The Bertz CT molecular complexity index is 271. The van der Waals surface area contributed by atoms with Crippen LogP contribution in [-0.4, -0.2) is 37.0 Å². The number of rotatable bonds is 4. The molecule has 0 radical (unpaired) electrons. The first-order valence-corrected chi connectivity index (χ1v) is 7.89. The minimum Gasteiger partial charge on any atom is -0.379 e. The molecule has 1 unspecified atom stereocenters. The molecule has 1 heterocycles. The Morgan fingerprint density at radius 3 is 2.42 bits per heavy atom. The van der Waals surface area contributed by atoms with Gasteiger partial charge in [-0.2, -0.15) is 0 Å². The zero-order valence-electron chi connectivity index (χ0n) is 13.1. The Kier molecular flexibility index (Phi) is 4.91. The molecule has 0 bridgehead atoms. The van der Waals surface area contributed by atoms with Gasteiger partial charge in [0.15, 0.2) is 0 Å². The van der Waals surface area contributed by atoms with E-state index in [9.17, 15) is 0 Å². The topological polar surface area (TPSA) is 30.5 Å². The standard InChI is InChI=1S/C16H31NO2/c1-13-5-8-16(9-6-13,12-17-15(2,3)4)19-14-7-10-18-11-14/h13-14,17H,5-12H2,1-4H3. The summed E-state index contributed by atoms with van der Waals surface area (Å²) in [6.45, 7) is 11.7. The van der Waals surface area contributed by atoms with Crippen molar-refractivity contribution in [1.82, 2.24) is 5.32 Å². The van der Waals surface area contributed by atoms with E-state index in [1.807, 2.05) is 0 Å². The second-order valence-electron chi connectivity index (χ2n) is 7.57. The molecule has 3 heteroatoms. The summed E-state index contributed by atoms with van der Waals surface area (Å²) in [6, 6.07) is 0. The van der Waals surface area contributed by atoms with Gasteiger partial charge in [0.2, 0.25) is 0 Å². The summed E-state index contributed by atoms with van der Waals surface area (Å²) < 4.78 is 12.0. The molecule has 2 rings (SSSR count). The van der Waals surface area contributed by atoms with Crippen LogP contribution < -0.4 is 5.32 Å². The maximum absolute atomic E-state index is 6.50. The highest BCUT2D eigenvalue weighted by molar-refractivity contribution is 4.92. The van der Waals surface area contributed by atoms with Gasteiger partial charge in [-0.25, -0.2) is 0 Å². The third-order valence-electron chi connectivity index (χ3n) is 4.43. The minimum atomic E-state index is 0.0398. The average Bonchev–Trinajstić information content (AvgIpc) is 2.82. The molecule has 0 spiro atoms. The van der Waals surface area contributed by atoms with Crippen molar-refractivity contribution in [2.45, 2.75) is 77.0 Å². The van der Waals surface area contributed by atoms with Crippen LogP contribution in [0, 0.1) is 5.92 Å².